The molecule has 4 heteroatoms. The summed E-state index contributed by atoms with van der Waals surface area (Å²) in [5, 5.41) is 0. The van der Waals surface area contributed by atoms with E-state index in [9.17, 15) is 4.79 Å². The maximum absolute atomic E-state index is 11.2. The van der Waals surface area contributed by atoms with Gasteiger partial charge in [0.05, 0.1) is 12.7 Å². The predicted molar refractivity (Wildman–Crippen MR) is 60.1 cm³/mol. The smallest absolute Gasteiger partial charge is 0.162 e. The fraction of sp³-hybridized carbons (Fsp3) is 0.222. The number of hydrogen-bond donors (Lipinski definition) is 1. The Kier molecular flexibility index (Phi) is 3.13. The van der Waals surface area contributed by atoms with Gasteiger partial charge in [0, 0.05) is 15.3 Å². The fourth-order valence-corrected chi connectivity index (χ4v) is 2.09. The quantitative estimate of drug-likeness (QED) is 0.515. The van der Waals surface area contributed by atoms with Crippen molar-refractivity contribution < 1.29 is 9.53 Å². The van der Waals surface area contributed by atoms with Crippen molar-refractivity contribution in [2.24, 2.45) is 0 Å². The molecule has 0 atom stereocenters. The zero-order valence-electron chi connectivity index (χ0n) is 7.43. The van der Waals surface area contributed by atoms with E-state index in [1.807, 2.05) is 0 Å². The first-order valence-electron chi connectivity index (χ1n) is 3.70. The zero-order chi connectivity index (χ0) is 10.0. The molecule has 0 fully saturated rings. The number of carbonyl (C=O) groups excluding carboxylic acids is 1. The summed E-state index contributed by atoms with van der Waals surface area (Å²) in [5.74, 6) is 0.649. The molecule has 0 heterocycles. The second-order valence-corrected chi connectivity index (χ2v) is 3.79. The van der Waals surface area contributed by atoms with Gasteiger partial charge in [-0.1, -0.05) is 0 Å². The van der Waals surface area contributed by atoms with Gasteiger partial charge in [0.2, 0.25) is 0 Å². The number of hydrogen-bond acceptors (Lipinski definition) is 3. The molecule has 0 aromatic heterocycles. The summed E-state index contributed by atoms with van der Waals surface area (Å²) >= 11 is 2.07. The van der Waals surface area contributed by atoms with E-state index in [1.54, 1.807) is 19.2 Å². The average molecular weight is 291 g/mol. The van der Waals surface area contributed by atoms with Gasteiger partial charge in [0.15, 0.2) is 5.78 Å². The van der Waals surface area contributed by atoms with Crippen molar-refractivity contribution in [1.82, 2.24) is 0 Å². The third-order valence-corrected chi connectivity index (χ3v) is 2.53. The highest BCUT2D eigenvalue weighted by Gasteiger charge is 2.10. The van der Waals surface area contributed by atoms with Crippen molar-refractivity contribution in [1.29, 1.82) is 0 Å². The molecular formula is C9H10INO2. The molecule has 2 N–H and O–H groups in total. The Balaban J connectivity index is 3.31. The fourth-order valence-electron chi connectivity index (χ4n) is 1.09. The molecule has 3 nitrogen and oxygen atoms in total. The first-order chi connectivity index (χ1) is 6.06. The minimum Gasteiger partial charge on any atom is -0.497 e. The zero-order valence-corrected chi connectivity index (χ0v) is 9.58. The van der Waals surface area contributed by atoms with E-state index in [2.05, 4.69) is 22.6 Å². The lowest BCUT2D eigenvalue weighted by atomic mass is 10.1. The highest BCUT2D eigenvalue weighted by Crippen LogP contribution is 2.26. The lowest BCUT2D eigenvalue weighted by Crippen LogP contribution is -2.03. The number of benzene rings is 1. The van der Waals surface area contributed by atoms with Gasteiger partial charge in [-0.25, -0.2) is 0 Å². The number of anilines is 1. The molecule has 70 valence electrons. The molecule has 0 aliphatic carbocycles. The number of ketones is 1. The molecule has 0 amide bonds. The third kappa shape index (κ3) is 2.12. The van der Waals surface area contributed by atoms with Gasteiger partial charge >= 0.3 is 0 Å². The average Bonchev–Trinajstić information content (AvgIpc) is 2.02. The maximum Gasteiger partial charge on any atom is 0.162 e. The van der Waals surface area contributed by atoms with E-state index < -0.39 is 0 Å². The van der Waals surface area contributed by atoms with Crippen molar-refractivity contribution in [3.05, 3.63) is 21.3 Å². The van der Waals surface area contributed by atoms with E-state index in [1.165, 1.54) is 6.92 Å². The molecule has 13 heavy (non-hydrogen) atoms. The van der Waals surface area contributed by atoms with Crippen LogP contribution in [0.25, 0.3) is 0 Å². The number of nitrogen functional groups attached to an aromatic ring is 1. The van der Waals surface area contributed by atoms with Gasteiger partial charge in [-0.15, -0.1) is 0 Å². The van der Waals surface area contributed by atoms with E-state index in [0.717, 1.165) is 3.57 Å². The van der Waals surface area contributed by atoms with Gasteiger partial charge < -0.3 is 10.5 Å². The Hall–Kier alpha value is -0.780. The first kappa shape index (κ1) is 10.3. The predicted octanol–water partition coefficient (Wildman–Crippen LogP) is 2.08. The van der Waals surface area contributed by atoms with Crippen LogP contribution in [0, 0.1) is 3.57 Å². The van der Waals surface area contributed by atoms with Crippen molar-refractivity contribution >= 4 is 34.1 Å². The number of methoxy groups -OCH3 is 1. The molecule has 0 aliphatic rings. The monoisotopic (exact) mass is 291 g/mol. The van der Waals surface area contributed by atoms with Gasteiger partial charge in [-0.3, -0.25) is 4.79 Å². The van der Waals surface area contributed by atoms with Crippen molar-refractivity contribution in [2.45, 2.75) is 6.92 Å². The summed E-state index contributed by atoms with van der Waals surface area (Å²) in [7, 11) is 1.57. The summed E-state index contributed by atoms with van der Waals surface area (Å²) < 4.78 is 5.84. The van der Waals surface area contributed by atoms with E-state index in [4.69, 9.17) is 10.5 Å². The van der Waals surface area contributed by atoms with Gasteiger partial charge in [-0.05, 0) is 35.6 Å². The maximum atomic E-state index is 11.2. The van der Waals surface area contributed by atoms with E-state index >= 15 is 0 Å². The largest absolute Gasteiger partial charge is 0.497 e. The van der Waals surface area contributed by atoms with E-state index in [0.29, 0.717) is 17.0 Å². The van der Waals surface area contributed by atoms with Gasteiger partial charge in [-0.2, -0.15) is 0 Å². The summed E-state index contributed by atoms with van der Waals surface area (Å²) in [6.07, 6.45) is 0. The van der Waals surface area contributed by atoms with Crippen LogP contribution in [0.5, 0.6) is 5.75 Å². The van der Waals surface area contributed by atoms with Crippen LogP contribution in [0.4, 0.5) is 5.69 Å². The highest BCUT2D eigenvalue weighted by molar-refractivity contribution is 14.1. The molecule has 0 spiro atoms. The van der Waals surface area contributed by atoms with Crippen LogP contribution < -0.4 is 10.5 Å². The van der Waals surface area contributed by atoms with Crippen molar-refractivity contribution in [2.75, 3.05) is 12.8 Å². The highest BCUT2D eigenvalue weighted by atomic mass is 127. The number of carbonyl (C=O) groups is 1. The Morgan fingerprint density at radius 3 is 2.54 bits per heavy atom. The molecule has 0 saturated heterocycles. The molecule has 1 aromatic rings. The molecule has 0 radical (unpaired) electrons. The van der Waals surface area contributed by atoms with Gasteiger partial charge in [0.1, 0.15) is 5.75 Å². The summed E-state index contributed by atoms with van der Waals surface area (Å²) in [4.78, 5) is 11.2. The Bertz CT molecular complexity index is 326. The molecule has 1 aromatic carbocycles. The summed E-state index contributed by atoms with van der Waals surface area (Å²) in [6, 6.07) is 3.44. The molecule has 0 unspecified atom stereocenters. The van der Waals surface area contributed by atoms with Crippen LogP contribution in [-0.4, -0.2) is 12.9 Å². The van der Waals surface area contributed by atoms with Crippen LogP contribution in [-0.2, 0) is 0 Å². The van der Waals surface area contributed by atoms with Crippen LogP contribution in [0.2, 0.25) is 0 Å². The van der Waals surface area contributed by atoms with Crippen LogP contribution in [0.1, 0.15) is 17.3 Å². The Labute approximate surface area is 90.4 Å². The summed E-state index contributed by atoms with van der Waals surface area (Å²) in [5.41, 5.74) is 6.73. The van der Waals surface area contributed by atoms with Crippen LogP contribution in [0.3, 0.4) is 0 Å². The lowest BCUT2D eigenvalue weighted by Gasteiger charge is -2.07. The topological polar surface area (TPSA) is 52.3 Å². The Morgan fingerprint density at radius 2 is 2.15 bits per heavy atom. The summed E-state index contributed by atoms with van der Waals surface area (Å²) in [6.45, 7) is 1.50. The van der Waals surface area contributed by atoms with E-state index in [-0.39, 0.29) is 5.78 Å². The Morgan fingerprint density at radius 1 is 1.54 bits per heavy atom. The number of rotatable bonds is 2. The number of halogens is 1. The first-order valence-corrected chi connectivity index (χ1v) is 4.78. The molecule has 0 aliphatic heterocycles. The normalized spacial score (nSPS) is 9.77. The molecule has 0 bridgehead atoms. The lowest BCUT2D eigenvalue weighted by molar-refractivity contribution is 0.101. The standard InChI is InChI=1S/C9H10INO2/c1-5(12)9-7(10)3-6(13-2)4-8(9)11/h3-4H,11H2,1-2H3. The van der Waals surface area contributed by atoms with Crippen LogP contribution >= 0.6 is 22.6 Å². The van der Waals surface area contributed by atoms with Crippen molar-refractivity contribution in [3.63, 3.8) is 0 Å². The van der Waals surface area contributed by atoms with Crippen LogP contribution in [0.15, 0.2) is 12.1 Å². The molecule has 1 rings (SSSR count). The molecule has 0 saturated carbocycles. The minimum atomic E-state index is -0.0236. The number of nitrogens with two attached hydrogens (primary N) is 1. The number of ether oxygens (including phenoxy) is 1. The third-order valence-electron chi connectivity index (χ3n) is 1.68. The van der Waals surface area contributed by atoms with Crippen molar-refractivity contribution in [3.8, 4) is 5.75 Å². The minimum absolute atomic E-state index is 0.0236. The second-order valence-electron chi connectivity index (χ2n) is 2.63. The molecular weight excluding hydrogens is 281 g/mol. The number of Topliss-reactive ketones (excluding diaryl/α,β-unsaturated/α-hetero) is 1. The SMILES string of the molecule is COc1cc(N)c(C(C)=O)c(I)c1. The second kappa shape index (κ2) is 3.95. The van der Waals surface area contributed by atoms with Gasteiger partial charge in [0.25, 0.3) is 0 Å².